The van der Waals surface area contributed by atoms with E-state index in [2.05, 4.69) is 19.1 Å². The fourth-order valence-corrected chi connectivity index (χ4v) is 2.96. The van der Waals surface area contributed by atoms with Crippen molar-refractivity contribution < 1.29 is 0 Å². The number of hydrogen-bond acceptors (Lipinski definition) is 1. The third-order valence-corrected chi connectivity index (χ3v) is 4.18. The number of nitrogen functional groups attached to an aromatic ring is 1. The topological polar surface area (TPSA) is 26.0 Å². The Morgan fingerprint density at radius 1 is 1.27 bits per heavy atom. The molecule has 0 spiro atoms. The van der Waals surface area contributed by atoms with Crippen LogP contribution in [0.25, 0.3) is 0 Å². The molecule has 1 heteroatoms. The molecule has 15 heavy (non-hydrogen) atoms. The Kier molecular flexibility index (Phi) is 2.01. The zero-order valence-corrected chi connectivity index (χ0v) is 9.42. The molecule has 0 aliphatic heterocycles. The van der Waals surface area contributed by atoms with Crippen LogP contribution in [-0.2, 0) is 12.8 Å². The summed E-state index contributed by atoms with van der Waals surface area (Å²) in [6.07, 6.45) is 6.53. The molecule has 0 saturated heterocycles. The summed E-state index contributed by atoms with van der Waals surface area (Å²) in [6, 6.07) is 4.59. The number of benzene rings is 1. The van der Waals surface area contributed by atoms with Crippen LogP contribution in [-0.4, -0.2) is 0 Å². The van der Waals surface area contributed by atoms with Crippen LogP contribution in [0.2, 0.25) is 0 Å². The molecular formula is C14H19N. The highest BCUT2D eigenvalue weighted by atomic mass is 14.6. The summed E-state index contributed by atoms with van der Waals surface area (Å²) in [4.78, 5) is 0. The predicted molar refractivity (Wildman–Crippen MR) is 64.0 cm³/mol. The second kappa shape index (κ2) is 3.26. The minimum Gasteiger partial charge on any atom is -0.398 e. The number of fused-ring (bicyclic) bond motifs is 1. The predicted octanol–water partition coefficient (Wildman–Crippen LogP) is 3.27. The van der Waals surface area contributed by atoms with E-state index in [1.165, 1.54) is 48.8 Å². The molecule has 0 bridgehead atoms. The molecule has 0 radical (unpaired) electrons. The molecule has 1 aromatic rings. The SMILES string of the molecule is CC(c1ccc2c(c1N)CCC2)C1CC1. The standard InChI is InChI=1S/C14H19N/c1-9(10-5-6-10)12-8-7-11-3-2-4-13(11)14(12)15/h7-10H,2-6,15H2,1H3. The van der Waals surface area contributed by atoms with Gasteiger partial charge >= 0.3 is 0 Å². The van der Waals surface area contributed by atoms with Gasteiger partial charge in [-0.15, -0.1) is 0 Å². The highest BCUT2D eigenvalue weighted by Crippen LogP contribution is 2.45. The molecule has 2 aliphatic carbocycles. The van der Waals surface area contributed by atoms with Crippen molar-refractivity contribution in [1.29, 1.82) is 0 Å². The molecule has 2 aliphatic rings. The fourth-order valence-electron chi connectivity index (χ4n) is 2.96. The van der Waals surface area contributed by atoms with Gasteiger partial charge in [-0.25, -0.2) is 0 Å². The van der Waals surface area contributed by atoms with Gasteiger partial charge in [0.25, 0.3) is 0 Å². The van der Waals surface area contributed by atoms with E-state index in [0.29, 0.717) is 5.92 Å². The minimum atomic E-state index is 0.677. The first-order chi connectivity index (χ1) is 7.27. The summed E-state index contributed by atoms with van der Waals surface area (Å²) in [5.41, 5.74) is 11.8. The van der Waals surface area contributed by atoms with Crippen LogP contribution >= 0.6 is 0 Å². The fraction of sp³-hybridized carbons (Fsp3) is 0.571. The van der Waals surface area contributed by atoms with Crippen molar-refractivity contribution in [1.82, 2.24) is 0 Å². The number of nitrogens with two attached hydrogens (primary N) is 1. The first-order valence-electron chi connectivity index (χ1n) is 6.17. The van der Waals surface area contributed by atoms with Crippen LogP contribution in [0.4, 0.5) is 5.69 Å². The van der Waals surface area contributed by atoms with E-state index < -0.39 is 0 Å². The summed E-state index contributed by atoms with van der Waals surface area (Å²) >= 11 is 0. The first kappa shape index (κ1) is 9.26. The molecule has 1 aromatic carbocycles. The minimum absolute atomic E-state index is 0.677. The van der Waals surface area contributed by atoms with Crippen LogP contribution in [0.3, 0.4) is 0 Å². The van der Waals surface area contributed by atoms with E-state index >= 15 is 0 Å². The van der Waals surface area contributed by atoms with Gasteiger partial charge in [-0.05, 0) is 60.6 Å². The Balaban J connectivity index is 2.01. The van der Waals surface area contributed by atoms with Gasteiger partial charge in [0.15, 0.2) is 0 Å². The summed E-state index contributed by atoms with van der Waals surface area (Å²) in [6.45, 7) is 2.34. The summed E-state index contributed by atoms with van der Waals surface area (Å²) in [7, 11) is 0. The lowest BCUT2D eigenvalue weighted by molar-refractivity contribution is 0.665. The van der Waals surface area contributed by atoms with Crippen molar-refractivity contribution in [2.75, 3.05) is 5.73 Å². The molecule has 80 valence electrons. The monoisotopic (exact) mass is 201 g/mol. The van der Waals surface area contributed by atoms with Crippen LogP contribution in [0.5, 0.6) is 0 Å². The van der Waals surface area contributed by atoms with E-state index in [9.17, 15) is 0 Å². The van der Waals surface area contributed by atoms with Crippen LogP contribution in [0.15, 0.2) is 12.1 Å². The molecule has 1 atom stereocenters. The molecule has 1 saturated carbocycles. The van der Waals surface area contributed by atoms with E-state index in [0.717, 1.165) is 11.6 Å². The molecule has 0 amide bonds. The summed E-state index contributed by atoms with van der Waals surface area (Å²) in [5, 5.41) is 0. The lowest BCUT2D eigenvalue weighted by Crippen LogP contribution is -2.04. The van der Waals surface area contributed by atoms with E-state index in [1.54, 1.807) is 0 Å². The van der Waals surface area contributed by atoms with Gasteiger partial charge < -0.3 is 5.73 Å². The molecule has 3 rings (SSSR count). The van der Waals surface area contributed by atoms with E-state index in [-0.39, 0.29) is 0 Å². The van der Waals surface area contributed by atoms with Gasteiger partial charge in [-0.2, -0.15) is 0 Å². The Morgan fingerprint density at radius 3 is 2.80 bits per heavy atom. The normalized spacial score (nSPS) is 21.4. The number of rotatable bonds is 2. The lowest BCUT2D eigenvalue weighted by atomic mass is 9.91. The van der Waals surface area contributed by atoms with Crippen molar-refractivity contribution in [2.45, 2.75) is 44.9 Å². The van der Waals surface area contributed by atoms with Gasteiger partial charge in [0.1, 0.15) is 0 Å². The quantitative estimate of drug-likeness (QED) is 0.730. The zero-order chi connectivity index (χ0) is 10.4. The van der Waals surface area contributed by atoms with Crippen LogP contribution in [0.1, 0.15) is 48.8 Å². The first-order valence-corrected chi connectivity index (χ1v) is 6.17. The second-order valence-electron chi connectivity index (χ2n) is 5.19. The summed E-state index contributed by atoms with van der Waals surface area (Å²) < 4.78 is 0. The zero-order valence-electron chi connectivity index (χ0n) is 9.42. The van der Waals surface area contributed by atoms with E-state index in [4.69, 9.17) is 5.73 Å². The molecule has 1 unspecified atom stereocenters. The average Bonchev–Trinajstić information content (AvgIpc) is 2.97. The van der Waals surface area contributed by atoms with Crippen molar-refractivity contribution >= 4 is 5.69 Å². The second-order valence-corrected chi connectivity index (χ2v) is 5.19. The smallest absolute Gasteiger partial charge is 0.0384 e. The van der Waals surface area contributed by atoms with Gasteiger partial charge in [-0.3, -0.25) is 0 Å². The molecule has 1 fully saturated rings. The maximum atomic E-state index is 6.30. The molecule has 1 nitrogen and oxygen atoms in total. The Morgan fingerprint density at radius 2 is 2.07 bits per heavy atom. The Labute approximate surface area is 91.7 Å². The average molecular weight is 201 g/mol. The molecule has 2 N–H and O–H groups in total. The maximum absolute atomic E-state index is 6.30. The van der Waals surface area contributed by atoms with Crippen molar-refractivity contribution in [2.24, 2.45) is 5.92 Å². The van der Waals surface area contributed by atoms with Crippen molar-refractivity contribution in [3.8, 4) is 0 Å². The lowest BCUT2D eigenvalue weighted by Gasteiger charge is -2.16. The van der Waals surface area contributed by atoms with Gasteiger partial charge in [0, 0.05) is 5.69 Å². The third kappa shape index (κ3) is 1.45. The Bertz CT molecular complexity index is 391. The molecule has 0 aromatic heterocycles. The number of aryl methyl sites for hydroxylation is 1. The van der Waals surface area contributed by atoms with Crippen molar-refractivity contribution in [3.63, 3.8) is 0 Å². The van der Waals surface area contributed by atoms with Crippen LogP contribution in [0, 0.1) is 5.92 Å². The van der Waals surface area contributed by atoms with Crippen molar-refractivity contribution in [3.05, 3.63) is 28.8 Å². The highest BCUT2D eigenvalue weighted by Gasteiger charge is 2.31. The molecular weight excluding hydrogens is 182 g/mol. The third-order valence-electron chi connectivity index (χ3n) is 4.18. The molecule has 0 heterocycles. The maximum Gasteiger partial charge on any atom is 0.0384 e. The number of hydrogen-bond donors (Lipinski definition) is 1. The summed E-state index contributed by atoms with van der Waals surface area (Å²) in [5.74, 6) is 1.59. The van der Waals surface area contributed by atoms with Gasteiger partial charge in [0.2, 0.25) is 0 Å². The Hall–Kier alpha value is -0.980. The van der Waals surface area contributed by atoms with Crippen LogP contribution < -0.4 is 5.73 Å². The largest absolute Gasteiger partial charge is 0.398 e. The number of anilines is 1. The van der Waals surface area contributed by atoms with Gasteiger partial charge in [-0.1, -0.05) is 19.1 Å². The highest BCUT2D eigenvalue weighted by molar-refractivity contribution is 5.60. The van der Waals surface area contributed by atoms with E-state index in [1.807, 2.05) is 0 Å². The van der Waals surface area contributed by atoms with Gasteiger partial charge in [0.05, 0.1) is 0 Å².